The summed E-state index contributed by atoms with van der Waals surface area (Å²) in [7, 11) is 0. The van der Waals surface area contributed by atoms with Gasteiger partial charge in [-0.3, -0.25) is 4.79 Å². The molecule has 2 heterocycles. The fourth-order valence-corrected chi connectivity index (χ4v) is 4.13. The van der Waals surface area contributed by atoms with Gasteiger partial charge in [0.05, 0.1) is 11.6 Å². The standard InChI is InChI=1S/C27H32N4O/c1-19(2)22-12-8-21(9-13-22)17-28-27(32)24-5-4-16-31(18-24)26-15-14-25(29-30-26)23-10-6-20(3)7-11-23/h6-15,19,24H,4-5,16-18H2,1-3H3,(H,28,32)/t24-/m1/s1. The molecule has 1 aromatic heterocycles. The molecule has 1 aliphatic heterocycles. The van der Waals surface area contributed by atoms with Crippen molar-refractivity contribution in [2.75, 3.05) is 18.0 Å². The Morgan fingerprint density at radius 1 is 1.03 bits per heavy atom. The first-order valence-electron chi connectivity index (χ1n) is 11.5. The third-order valence-electron chi connectivity index (χ3n) is 6.23. The number of anilines is 1. The van der Waals surface area contributed by atoms with Crippen LogP contribution in [0.1, 0.15) is 49.3 Å². The molecule has 1 atom stereocenters. The lowest BCUT2D eigenvalue weighted by atomic mass is 9.97. The van der Waals surface area contributed by atoms with Crippen LogP contribution >= 0.6 is 0 Å². The number of aryl methyl sites for hydroxylation is 1. The van der Waals surface area contributed by atoms with Crippen LogP contribution in [-0.4, -0.2) is 29.2 Å². The van der Waals surface area contributed by atoms with Crippen molar-refractivity contribution in [1.82, 2.24) is 15.5 Å². The number of benzene rings is 2. The first kappa shape index (κ1) is 22.0. The van der Waals surface area contributed by atoms with E-state index >= 15 is 0 Å². The molecule has 0 bridgehead atoms. The SMILES string of the molecule is Cc1ccc(-c2ccc(N3CCC[C@@H](C(=O)NCc4ccc(C(C)C)cc4)C3)nn2)cc1. The third-order valence-corrected chi connectivity index (χ3v) is 6.23. The minimum atomic E-state index is -0.0303. The molecule has 1 aliphatic rings. The maximum absolute atomic E-state index is 12.8. The summed E-state index contributed by atoms with van der Waals surface area (Å²) < 4.78 is 0. The number of nitrogens with zero attached hydrogens (tertiary/aromatic N) is 3. The third kappa shape index (κ3) is 5.34. The summed E-state index contributed by atoms with van der Waals surface area (Å²) in [5.74, 6) is 1.44. The fraction of sp³-hybridized carbons (Fsp3) is 0.370. The van der Waals surface area contributed by atoms with Gasteiger partial charge in [0.1, 0.15) is 0 Å². The van der Waals surface area contributed by atoms with E-state index in [-0.39, 0.29) is 11.8 Å². The highest BCUT2D eigenvalue weighted by Gasteiger charge is 2.26. The molecule has 3 aromatic rings. The largest absolute Gasteiger partial charge is 0.354 e. The number of hydrogen-bond acceptors (Lipinski definition) is 4. The summed E-state index contributed by atoms with van der Waals surface area (Å²) in [6.07, 6.45) is 1.88. The van der Waals surface area contributed by atoms with Gasteiger partial charge in [0.2, 0.25) is 5.91 Å². The molecule has 166 valence electrons. The zero-order valence-corrected chi connectivity index (χ0v) is 19.2. The minimum Gasteiger partial charge on any atom is -0.354 e. The van der Waals surface area contributed by atoms with Crippen molar-refractivity contribution in [1.29, 1.82) is 0 Å². The maximum Gasteiger partial charge on any atom is 0.225 e. The first-order chi connectivity index (χ1) is 15.5. The Kier molecular flexibility index (Phi) is 6.84. The van der Waals surface area contributed by atoms with Gasteiger partial charge in [0, 0.05) is 25.2 Å². The normalized spacial score (nSPS) is 16.2. The number of hydrogen-bond donors (Lipinski definition) is 1. The predicted octanol–water partition coefficient (Wildman–Crippen LogP) is 5.11. The van der Waals surface area contributed by atoms with Crippen LogP contribution in [0, 0.1) is 12.8 Å². The summed E-state index contributed by atoms with van der Waals surface area (Å²) in [6.45, 7) is 8.59. The molecular formula is C27H32N4O. The van der Waals surface area contributed by atoms with Gasteiger partial charge in [-0.25, -0.2) is 0 Å². The number of aromatic nitrogens is 2. The van der Waals surface area contributed by atoms with E-state index in [0.29, 0.717) is 19.0 Å². The lowest BCUT2D eigenvalue weighted by Gasteiger charge is -2.32. The quantitative estimate of drug-likeness (QED) is 0.593. The molecular weight excluding hydrogens is 396 g/mol. The second kappa shape index (κ2) is 9.94. The van der Waals surface area contributed by atoms with Gasteiger partial charge < -0.3 is 10.2 Å². The molecule has 1 saturated heterocycles. The first-order valence-corrected chi connectivity index (χ1v) is 11.5. The van der Waals surface area contributed by atoms with Gasteiger partial charge in [0.15, 0.2) is 5.82 Å². The maximum atomic E-state index is 12.8. The van der Waals surface area contributed by atoms with Gasteiger partial charge in [-0.1, -0.05) is 67.9 Å². The number of carbonyl (C=O) groups excluding carboxylic acids is 1. The zero-order chi connectivity index (χ0) is 22.5. The molecule has 0 saturated carbocycles. The molecule has 0 unspecified atom stereocenters. The minimum absolute atomic E-state index is 0.0303. The van der Waals surface area contributed by atoms with E-state index in [1.807, 2.05) is 12.1 Å². The van der Waals surface area contributed by atoms with Crippen molar-refractivity contribution >= 4 is 11.7 Å². The molecule has 1 amide bonds. The lowest BCUT2D eigenvalue weighted by Crippen LogP contribution is -2.43. The smallest absolute Gasteiger partial charge is 0.225 e. The number of nitrogens with one attached hydrogen (secondary N) is 1. The van der Waals surface area contributed by atoms with E-state index in [2.05, 4.69) is 89.7 Å². The molecule has 2 aromatic carbocycles. The predicted molar refractivity (Wildman–Crippen MR) is 130 cm³/mol. The van der Waals surface area contributed by atoms with Gasteiger partial charge in [-0.2, -0.15) is 0 Å². The van der Waals surface area contributed by atoms with Crippen LogP contribution in [0.3, 0.4) is 0 Å². The Hall–Kier alpha value is -3.21. The molecule has 0 aliphatic carbocycles. The average Bonchev–Trinajstić information content (AvgIpc) is 2.83. The number of rotatable bonds is 6. The Bertz CT molecular complexity index is 1030. The van der Waals surface area contributed by atoms with Gasteiger partial charge >= 0.3 is 0 Å². The molecule has 1 N–H and O–H groups in total. The van der Waals surface area contributed by atoms with Gasteiger partial charge in [-0.15, -0.1) is 10.2 Å². The van der Waals surface area contributed by atoms with Crippen LogP contribution in [0.2, 0.25) is 0 Å². The van der Waals surface area contributed by atoms with E-state index < -0.39 is 0 Å². The van der Waals surface area contributed by atoms with Crippen LogP contribution in [-0.2, 0) is 11.3 Å². The molecule has 32 heavy (non-hydrogen) atoms. The highest BCUT2D eigenvalue weighted by atomic mass is 16.1. The van der Waals surface area contributed by atoms with E-state index in [1.54, 1.807) is 0 Å². The van der Waals surface area contributed by atoms with E-state index in [1.165, 1.54) is 11.1 Å². The Morgan fingerprint density at radius 3 is 2.44 bits per heavy atom. The van der Waals surface area contributed by atoms with Crippen molar-refractivity contribution in [2.24, 2.45) is 5.92 Å². The number of amides is 1. The van der Waals surface area contributed by atoms with Gasteiger partial charge in [-0.05, 0) is 48.9 Å². The average molecular weight is 429 g/mol. The van der Waals surface area contributed by atoms with Gasteiger partial charge in [0.25, 0.3) is 0 Å². The van der Waals surface area contributed by atoms with Crippen LogP contribution in [0.4, 0.5) is 5.82 Å². The van der Waals surface area contributed by atoms with E-state index in [4.69, 9.17) is 0 Å². The highest BCUT2D eigenvalue weighted by molar-refractivity contribution is 5.79. The second-order valence-corrected chi connectivity index (χ2v) is 9.04. The number of piperidine rings is 1. The highest BCUT2D eigenvalue weighted by Crippen LogP contribution is 2.24. The molecule has 5 heteroatoms. The van der Waals surface area contributed by atoms with Crippen LogP contribution in [0.15, 0.2) is 60.7 Å². The van der Waals surface area contributed by atoms with Crippen molar-refractivity contribution in [3.8, 4) is 11.3 Å². The Balaban J connectivity index is 1.34. The van der Waals surface area contributed by atoms with Crippen molar-refractivity contribution < 1.29 is 4.79 Å². The van der Waals surface area contributed by atoms with Crippen molar-refractivity contribution in [2.45, 2.75) is 46.1 Å². The monoisotopic (exact) mass is 428 g/mol. The topological polar surface area (TPSA) is 58.1 Å². The van der Waals surface area contributed by atoms with Crippen LogP contribution < -0.4 is 10.2 Å². The Morgan fingerprint density at radius 2 is 1.78 bits per heavy atom. The summed E-state index contributed by atoms with van der Waals surface area (Å²) in [5, 5.41) is 12.0. The Labute approximate surface area is 190 Å². The molecule has 0 spiro atoms. The lowest BCUT2D eigenvalue weighted by molar-refractivity contribution is -0.125. The van der Waals surface area contributed by atoms with E-state index in [0.717, 1.165) is 42.0 Å². The number of carbonyl (C=O) groups is 1. The van der Waals surface area contributed by atoms with Crippen LogP contribution in [0.25, 0.3) is 11.3 Å². The molecule has 0 radical (unpaired) electrons. The zero-order valence-electron chi connectivity index (χ0n) is 19.2. The second-order valence-electron chi connectivity index (χ2n) is 9.04. The fourth-order valence-electron chi connectivity index (χ4n) is 4.13. The summed E-state index contributed by atoms with van der Waals surface area (Å²) in [5.41, 5.74) is 5.60. The van der Waals surface area contributed by atoms with Crippen molar-refractivity contribution in [3.63, 3.8) is 0 Å². The van der Waals surface area contributed by atoms with E-state index in [9.17, 15) is 4.79 Å². The molecule has 5 nitrogen and oxygen atoms in total. The summed E-state index contributed by atoms with van der Waals surface area (Å²) in [6, 6.07) is 20.8. The summed E-state index contributed by atoms with van der Waals surface area (Å²) in [4.78, 5) is 15.0. The van der Waals surface area contributed by atoms with Crippen LogP contribution in [0.5, 0.6) is 0 Å². The molecule has 1 fully saturated rings. The van der Waals surface area contributed by atoms with Crippen molar-refractivity contribution in [3.05, 3.63) is 77.4 Å². The summed E-state index contributed by atoms with van der Waals surface area (Å²) >= 11 is 0. The molecule has 4 rings (SSSR count).